The van der Waals surface area contributed by atoms with Gasteiger partial charge in [-0.1, -0.05) is 63.3 Å². The van der Waals surface area contributed by atoms with E-state index in [1.54, 1.807) is 38.1 Å². The zero-order valence-electron chi connectivity index (χ0n) is 38.3. The summed E-state index contributed by atoms with van der Waals surface area (Å²) in [5.74, 6) is -0.137. The SMILES string of the molecule is C.C.CCOC(=O)C(C=N[C@H](CO)C(C)C)=C(O)c1cc(Br)c(OC)cc1OC.CCOC(=O)C(C=N[C@H](CO[Si](C)(C)C(C)(C)C)C(C)C)=C(O)c1cc(Br)c(OC)cc1OC. The number of carbonyl (C=O) groups excluding carboxylic acids is 2. The lowest BCUT2D eigenvalue weighted by atomic mass is 10.1. The molecule has 3 N–H and O–H groups in total. The van der Waals surface area contributed by atoms with Crippen LogP contribution in [0.25, 0.3) is 11.5 Å². The predicted octanol–water partition coefficient (Wildman–Crippen LogP) is 11.1. The van der Waals surface area contributed by atoms with Crippen LogP contribution in [0.2, 0.25) is 18.1 Å². The standard InChI is InChI=1S/C25H40BrNO6Si.C19H26BrNO6.2CH4/c1-11-32-24(29)18(23(28)17-12-19(26)22(31-8)13-21(17)30-7)14-27-20(16(2)3)15-33-34(9,10)25(4,5)6;1-6-27-19(24)13(9-21-15(10-22)11(2)3)18(23)12-7-14(20)17(26-5)8-16(12)25-4;;/h12-14,16,20,28H,11,15H2,1-10H3;7-9,11,15,22-23H,6,10H2,1-5H3;2*1H4/t20-;15-;;/m11../s1. The molecule has 0 spiro atoms. The third-order valence-electron chi connectivity index (χ3n) is 9.90. The molecule has 0 bridgehead atoms. The Kier molecular flexibility index (Phi) is 28.0. The number of aliphatic imine (C=N–C) groups is 2. The maximum atomic E-state index is 12.8. The summed E-state index contributed by atoms with van der Waals surface area (Å²) in [7, 11) is 3.99. The fourth-order valence-corrected chi connectivity index (χ4v) is 6.94. The number of methoxy groups -OCH3 is 4. The molecule has 0 saturated heterocycles. The Morgan fingerprint density at radius 1 is 0.683 bits per heavy atom. The van der Waals surface area contributed by atoms with Crippen LogP contribution in [0.15, 0.2) is 54.3 Å². The second kappa shape index (κ2) is 28.8. The Hall–Kier alpha value is -3.90. The maximum absolute atomic E-state index is 12.8. The Balaban J connectivity index is 0. The van der Waals surface area contributed by atoms with E-state index >= 15 is 0 Å². The summed E-state index contributed by atoms with van der Waals surface area (Å²) < 4.78 is 39.0. The van der Waals surface area contributed by atoms with Crippen molar-refractivity contribution in [3.8, 4) is 23.0 Å². The smallest absolute Gasteiger partial charge is 0.343 e. The highest BCUT2D eigenvalue weighted by molar-refractivity contribution is 9.11. The van der Waals surface area contributed by atoms with Crippen LogP contribution in [0.5, 0.6) is 23.0 Å². The molecule has 0 fully saturated rings. The molecule has 2 aromatic rings. The van der Waals surface area contributed by atoms with Gasteiger partial charge in [0.05, 0.1) is 87.0 Å². The fourth-order valence-electron chi connectivity index (χ4n) is 4.91. The van der Waals surface area contributed by atoms with Crippen LogP contribution in [0.4, 0.5) is 0 Å². The first kappa shape index (κ1) is 61.2. The van der Waals surface area contributed by atoms with Crippen molar-refractivity contribution in [1.29, 1.82) is 0 Å². The average molecular weight is 1030 g/mol. The number of nitrogens with zero attached hydrogens (tertiary/aromatic N) is 2. The lowest BCUT2D eigenvalue weighted by Crippen LogP contribution is -2.43. The minimum Gasteiger partial charge on any atom is -0.506 e. The number of aliphatic hydroxyl groups is 3. The molecule has 2 rings (SSSR count). The number of aliphatic hydroxyl groups excluding tert-OH is 3. The minimum absolute atomic E-state index is 0. The average Bonchev–Trinajstić information content (AvgIpc) is 3.19. The maximum Gasteiger partial charge on any atom is 0.343 e. The molecular formula is C46H74Br2N2O12Si. The molecule has 0 aliphatic carbocycles. The van der Waals surface area contributed by atoms with E-state index < -0.39 is 26.3 Å². The van der Waals surface area contributed by atoms with Crippen LogP contribution in [-0.4, -0.2) is 115 Å². The molecule has 2 atom stereocenters. The summed E-state index contributed by atoms with van der Waals surface area (Å²) in [6.45, 7) is 22.8. The van der Waals surface area contributed by atoms with E-state index in [-0.39, 0.29) is 85.8 Å². The van der Waals surface area contributed by atoms with E-state index in [1.807, 2.05) is 27.7 Å². The Morgan fingerprint density at radius 2 is 1.03 bits per heavy atom. The zero-order chi connectivity index (χ0) is 46.8. The summed E-state index contributed by atoms with van der Waals surface area (Å²) in [5.41, 5.74) is 0.384. The topological polar surface area (TPSA) is 184 Å². The molecule has 0 radical (unpaired) electrons. The van der Waals surface area contributed by atoms with Crippen LogP contribution < -0.4 is 18.9 Å². The van der Waals surface area contributed by atoms with Gasteiger partial charge in [0.15, 0.2) is 8.32 Å². The van der Waals surface area contributed by atoms with Crippen LogP contribution in [-0.2, 0) is 23.5 Å². The van der Waals surface area contributed by atoms with Crippen molar-refractivity contribution in [1.82, 2.24) is 0 Å². The molecule has 0 aromatic heterocycles. The molecule has 0 amide bonds. The van der Waals surface area contributed by atoms with Crippen LogP contribution in [0, 0.1) is 11.8 Å². The third-order valence-corrected chi connectivity index (χ3v) is 15.6. The molecule has 0 aliphatic heterocycles. The second-order valence-corrected chi connectivity index (χ2v) is 22.3. The van der Waals surface area contributed by atoms with Gasteiger partial charge in [0.25, 0.3) is 0 Å². The lowest BCUT2D eigenvalue weighted by Gasteiger charge is -2.37. The first-order valence-corrected chi connectivity index (χ1v) is 24.3. The van der Waals surface area contributed by atoms with Gasteiger partial charge in [-0.15, -0.1) is 0 Å². The summed E-state index contributed by atoms with van der Waals surface area (Å²) >= 11 is 6.77. The van der Waals surface area contributed by atoms with Gasteiger partial charge in [-0.05, 0) is 87.8 Å². The van der Waals surface area contributed by atoms with Gasteiger partial charge >= 0.3 is 11.9 Å². The highest BCUT2D eigenvalue weighted by Crippen LogP contribution is 2.39. The first-order chi connectivity index (χ1) is 28.5. The van der Waals surface area contributed by atoms with Crippen molar-refractivity contribution in [3.63, 3.8) is 0 Å². The van der Waals surface area contributed by atoms with E-state index in [0.29, 0.717) is 44.1 Å². The number of halogens is 2. The van der Waals surface area contributed by atoms with Gasteiger partial charge in [-0.2, -0.15) is 0 Å². The predicted molar refractivity (Wildman–Crippen MR) is 265 cm³/mol. The highest BCUT2D eigenvalue weighted by Gasteiger charge is 2.38. The van der Waals surface area contributed by atoms with Crippen LogP contribution >= 0.6 is 31.9 Å². The molecule has 63 heavy (non-hydrogen) atoms. The number of hydrogen-bond acceptors (Lipinski definition) is 14. The first-order valence-electron chi connectivity index (χ1n) is 19.9. The Morgan fingerprint density at radius 3 is 1.32 bits per heavy atom. The van der Waals surface area contributed by atoms with Crippen molar-refractivity contribution in [2.24, 2.45) is 21.8 Å². The van der Waals surface area contributed by atoms with Crippen LogP contribution in [0.3, 0.4) is 0 Å². The third kappa shape index (κ3) is 17.9. The van der Waals surface area contributed by atoms with Gasteiger partial charge in [0.2, 0.25) is 0 Å². The molecule has 0 aliphatic rings. The van der Waals surface area contributed by atoms with E-state index in [2.05, 4.69) is 75.7 Å². The van der Waals surface area contributed by atoms with Crippen LogP contribution in [0.1, 0.15) is 88.3 Å². The van der Waals surface area contributed by atoms with Gasteiger partial charge in [0.1, 0.15) is 45.7 Å². The number of carbonyl (C=O) groups is 2. The van der Waals surface area contributed by atoms with Gasteiger partial charge in [0, 0.05) is 24.6 Å². The summed E-state index contributed by atoms with van der Waals surface area (Å²) in [5, 5.41) is 31.4. The fraction of sp³-hybridized carbons (Fsp3) is 0.565. The van der Waals surface area contributed by atoms with E-state index in [9.17, 15) is 24.9 Å². The number of esters is 2. The van der Waals surface area contributed by atoms with Crippen molar-refractivity contribution in [2.45, 2.75) is 107 Å². The molecular weight excluding hydrogens is 960 g/mol. The van der Waals surface area contributed by atoms with E-state index in [4.69, 9.17) is 32.8 Å². The van der Waals surface area contributed by atoms with Crippen molar-refractivity contribution < 1.29 is 57.8 Å². The number of benzene rings is 2. The van der Waals surface area contributed by atoms with Crippen molar-refractivity contribution >= 4 is 76.1 Å². The quantitative estimate of drug-likeness (QED) is 0.0375. The molecule has 17 heteroatoms. The number of rotatable bonds is 20. The minimum atomic E-state index is -1.97. The van der Waals surface area contributed by atoms with Gasteiger partial charge < -0.3 is 48.2 Å². The number of ether oxygens (including phenoxy) is 6. The van der Waals surface area contributed by atoms with Crippen molar-refractivity contribution in [2.75, 3.05) is 54.9 Å². The molecule has 2 aromatic carbocycles. The molecule has 0 saturated carbocycles. The largest absolute Gasteiger partial charge is 0.506 e. The summed E-state index contributed by atoms with van der Waals surface area (Å²) in [4.78, 5) is 34.0. The molecule has 0 heterocycles. The Labute approximate surface area is 394 Å². The molecule has 0 unspecified atom stereocenters. The normalized spacial score (nSPS) is 13.5. The van der Waals surface area contributed by atoms with Gasteiger partial charge in [-0.25, -0.2) is 9.59 Å². The number of hydrogen-bond donors (Lipinski definition) is 3. The second-order valence-electron chi connectivity index (χ2n) is 15.8. The summed E-state index contributed by atoms with van der Waals surface area (Å²) in [6.07, 6.45) is 2.61. The van der Waals surface area contributed by atoms with E-state index in [0.717, 1.165) is 0 Å². The van der Waals surface area contributed by atoms with Gasteiger partial charge in [-0.3, -0.25) is 9.98 Å². The monoisotopic (exact) mass is 1030 g/mol. The lowest BCUT2D eigenvalue weighted by molar-refractivity contribution is -0.138. The molecule has 14 nitrogen and oxygen atoms in total. The zero-order valence-corrected chi connectivity index (χ0v) is 42.4. The molecule has 358 valence electrons. The van der Waals surface area contributed by atoms with E-state index in [1.165, 1.54) is 40.9 Å². The summed E-state index contributed by atoms with van der Waals surface area (Å²) in [6, 6.07) is 5.80. The van der Waals surface area contributed by atoms with Crippen molar-refractivity contribution in [3.05, 3.63) is 55.5 Å². The highest BCUT2D eigenvalue weighted by atomic mass is 79.9. The Bertz CT molecular complexity index is 1890.